The molecule has 0 heterocycles. The molecular weight excluding hydrogens is 331 g/mol. The number of hydrogen-bond donors (Lipinski definition) is 1. The number of nitrogens with one attached hydrogen (secondary N) is 1. The van der Waals surface area contributed by atoms with Gasteiger partial charge in [0.05, 0.1) is 24.7 Å². The first-order valence-corrected chi connectivity index (χ1v) is 7.48. The first kappa shape index (κ1) is 18.2. The van der Waals surface area contributed by atoms with E-state index < -0.39 is 22.3 Å². The van der Waals surface area contributed by atoms with Gasteiger partial charge in [0.2, 0.25) is 0 Å². The van der Waals surface area contributed by atoms with Gasteiger partial charge < -0.3 is 14.8 Å². The van der Waals surface area contributed by atoms with Crippen molar-refractivity contribution < 1.29 is 23.6 Å². The number of halogens is 1. The monoisotopic (exact) mass is 348 g/mol. The molecule has 0 saturated heterocycles. The summed E-state index contributed by atoms with van der Waals surface area (Å²) < 4.78 is 23.6. The summed E-state index contributed by atoms with van der Waals surface area (Å²) in [5.41, 5.74) is -0.0303. The molecule has 7 nitrogen and oxygen atoms in total. The SMILES string of the molecule is CCOc1cc(C(=O)NCc2cccc(F)c2)c([N+](=O)[O-])cc1OC. The van der Waals surface area contributed by atoms with E-state index in [9.17, 15) is 19.3 Å². The maximum atomic E-state index is 13.2. The highest BCUT2D eigenvalue weighted by atomic mass is 19.1. The predicted octanol–water partition coefficient (Wildman–Crippen LogP) is 3.07. The number of nitro groups is 1. The molecule has 0 radical (unpaired) electrons. The largest absolute Gasteiger partial charge is 0.493 e. The molecule has 0 spiro atoms. The van der Waals surface area contributed by atoms with E-state index >= 15 is 0 Å². The fraction of sp³-hybridized carbons (Fsp3) is 0.235. The molecule has 0 fully saturated rings. The average molecular weight is 348 g/mol. The summed E-state index contributed by atoms with van der Waals surface area (Å²) in [6.07, 6.45) is 0. The van der Waals surface area contributed by atoms with Crippen molar-refractivity contribution in [1.82, 2.24) is 5.32 Å². The Kier molecular flexibility index (Phi) is 5.89. The molecule has 0 aliphatic carbocycles. The highest BCUT2D eigenvalue weighted by Crippen LogP contribution is 2.34. The van der Waals surface area contributed by atoms with Gasteiger partial charge in [-0.25, -0.2) is 4.39 Å². The number of amides is 1. The molecule has 0 aliphatic rings. The summed E-state index contributed by atoms with van der Waals surface area (Å²) in [6, 6.07) is 8.11. The molecule has 1 amide bonds. The van der Waals surface area contributed by atoms with Crippen molar-refractivity contribution in [2.45, 2.75) is 13.5 Å². The van der Waals surface area contributed by atoms with Crippen molar-refractivity contribution in [3.8, 4) is 11.5 Å². The molecule has 8 heteroatoms. The zero-order chi connectivity index (χ0) is 18.4. The van der Waals surface area contributed by atoms with Crippen LogP contribution < -0.4 is 14.8 Å². The Bertz CT molecular complexity index is 795. The molecule has 0 aromatic heterocycles. The fourth-order valence-corrected chi connectivity index (χ4v) is 2.23. The van der Waals surface area contributed by atoms with E-state index in [1.54, 1.807) is 13.0 Å². The van der Waals surface area contributed by atoms with E-state index in [2.05, 4.69) is 5.32 Å². The van der Waals surface area contributed by atoms with Gasteiger partial charge in [0.25, 0.3) is 11.6 Å². The maximum Gasteiger partial charge on any atom is 0.286 e. The first-order chi connectivity index (χ1) is 12.0. The zero-order valence-electron chi connectivity index (χ0n) is 13.7. The quantitative estimate of drug-likeness (QED) is 0.613. The van der Waals surface area contributed by atoms with Crippen LogP contribution >= 0.6 is 0 Å². The van der Waals surface area contributed by atoms with E-state index in [-0.39, 0.29) is 23.6 Å². The molecule has 0 atom stereocenters. The Labute approximate surface area is 143 Å². The molecule has 2 aromatic rings. The van der Waals surface area contributed by atoms with Crippen LogP contribution in [-0.4, -0.2) is 24.5 Å². The minimum absolute atomic E-state index is 0.0315. The number of rotatable bonds is 7. The van der Waals surface area contributed by atoms with E-state index in [0.717, 1.165) is 6.07 Å². The smallest absolute Gasteiger partial charge is 0.286 e. The highest BCUT2D eigenvalue weighted by Gasteiger charge is 2.24. The molecule has 0 bridgehead atoms. The number of ether oxygens (including phenoxy) is 2. The summed E-state index contributed by atoms with van der Waals surface area (Å²) in [5.74, 6) is -0.706. The lowest BCUT2D eigenvalue weighted by atomic mass is 10.1. The Balaban J connectivity index is 2.30. The molecule has 2 aromatic carbocycles. The van der Waals surface area contributed by atoms with Crippen LogP contribution in [0.25, 0.3) is 0 Å². The van der Waals surface area contributed by atoms with Gasteiger partial charge in [-0.1, -0.05) is 12.1 Å². The van der Waals surface area contributed by atoms with Crippen LogP contribution in [0.1, 0.15) is 22.8 Å². The molecule has 1 N–H and O–H groups in total. The molecule has 0 aliphatic heterocycles. The van der Waals surface area contributed by atoms with E-state index in [4.69, 9.17) is 9.47 Å². The van der Waals surface area contributed by atoms with Crippen molar-refractivity contribution in [1.29, 1.82) is 0 Å². The number of nitrogens with zero attached hydrogens (tertiary/aromatic N) is 1. The van der Waals surface area contributed by atoms with Crippen LogP contribution in [0.4, 0.5) is 10.1 Å². The lowest BCUT2D eigenvalue weighted by Gasteiger charge is -2.12. The van der Waals surface area contributed by atoms with Crippen molar-refractivity contribution in [3.05, 3.63) is 63.5 Å². The van der Waals surface area contributed by atoms with E-state index in [1.807, 2.05) is 0 Å². The standard InChI is InChI=1S/C17H17FN2O5/c1-3-25-16-8-13(14(20(22)23)9-15(16)24-2)17(21)19-10-11-5-4-6-12(18)7-11/h4-9H,3,10H2,1-2H3,(H,19,21). The van der Waals surface area contributed by atoms with Gasteiger partial charge in [0.15, 0.2) is 11.5 Å². The molecule has 2 rings (SSSR count). The Morgan fingerprint density at radius 2 is 2.04 bits per heavy atom. The molecule has 0 unspecified atom stereocenters. The first-order valence-electron chi connectivity index (χ1n) is 7.48. The third-order valence-electron chi connectivity index (χ3n) is 3.37. The fourth-order valence-electron chi connectivity index (χ4n) is 2.23. The summed E-state index contributed by atoms with van der Waals surface area (Å²) in [6.45, 7) is 2.08. The Morgan fingerprint density at radius 3 is 2.64 bits per heavy atom. The maximum absolute atomic E-state index is 13.2. The second-order valence-electron chi connectivity index (χ2n) is 5.02. The summed E-state index contributed by atoms with van der Waals surface area (Å²) >= 11 is 0. The Hall–Kier alpha value is -3.16. The van der Waals surface area contributed by atoms with E-state index in [0.29, 0.717) is 12.2 Å². The lowest BCUT2D eigenvalue weighted by Crippen LogP contribution is -2.24. The van der Waals surface area contributed by atoms with Gasteiger partial charge in [-0.3, -0.25) is 14.9 Å². The van der Waals surface area contributed by atoms with Crippen LogP contribution in [0.2, 0.25) is 0 Å². The third kappa shape index (κ3) is 4.43. The minimum Gasteiger partial charge on any atom is -0.493 e. The minimum atomic E-state index is -0.671. The normalized spacial score (nSPS) is 10.2. The topological polar surface area (TPSA) is 90.7 Å². The average Bonchev–Trinajstić information content (AvgIpc) is 2.59. The summed E-state index contributed by atoms with van der Waals surface area (Å²) in [4.78, 5) is 23.0. The number of hydrogen-bond acceptors (Lipinski definition) is 5. The van der Waals surface area contributed by atoms with Gasteiger partial charge in [0.1, 0.15) is 11.4 Å². The number of carbonyl (C=O) groups is 1. The van der Waals surface area contributed by atoms with Crippen LogP contribution in [0.15, 0.2) is 36.4 Å². The van der Waals surface area contributed by atoms with Crippen LogP contribution in [0, 0.1) is 15.9 Å². The molecule has 132 valence electrons. The van der Waals surface area contributed by atoms with Crippen molar-refractivity contribution in [2.24, 2.45) is 0 Å². The van der Waals surface area contributed by atoms with Gasteiger partial charge in [-0.2, -0.15) is 0 Å². The van der Waals surface area contributed by atoms with Gasteiger partial charge in [-0.15, -0.1) is 0 Å². The molecular formula is C17H17FN2O5. The zero-order valence-corrected chi connectivity index (χ0v) is 13.7. The lowest BCUT2D eigenvalue weighted by molar-refractivity contribution is -0.385. The Morgan fingerprint density at radius 1 is 1.28 bits per heavy atom. The van der Waals surface area contributed by atoms with Gasteiger partial charge in [0, 0.05) is 12.6 Å². The number of nitro benzene ring substituents is 1. The van der Waals surface area contributed by atoms with Crippen molar-refractivity contribution in [2.75, 3.05) is 13.7 Å². The summed E-state index contributed by atoms with van der Waals surface area (Å²) in [5, 5.41) is 13.8. The van der Waals surface area contributed by atoms with Crippen molar-refractivity contribution >= 4 is 11.6 Å². The van der Waals surface area contributed by atoms with Crippen LogP contribution in [-0.2, 0) is 6.54 Å². The van der Waals surface area contributed by atoms with Crippen LogP contribution in [0.3, 0.4) is 0 Å². The number of methoxy groups -OCH3 is 1. The number of carbonyl (C=O) groups excluding carboxylic acids is 1. The number of benzene rings is 2. The predicted molar refractivity (Wildman–Crippen MR) is 88.4 cm³/mol. The van der Waals surface area contributed by atoms with Gasteiger partial charge in [-0.05, 0) is 24.6 Å². The van der Waals surface area contributed by atoms with Gasteiger partial charge >= 0.3 is 0 Å². The third-order valence-corrected chi connectivity index (χ3v) is 3.37. The highest BCUT2D eigenvalue weighted by molar-refractivity contribution is 5.99. The summed E-state index contributed by atoms with van der Waals surface area (Å²) in [7, 11) is 1.35. The molecule has 0 saturated carbocycles. The molecule has 25 heavy (non-hydrogen) atoms. The second-order valence-corrected chi connectivity index (χ2v) is 5.02. The second kappa shape index (κ2) is 8.09. The van der Waals surface area contributed by atoms with E-state index in [1.165, 1.54) is 31.4 Å². The van der Waals surface area contributed by atoms with Crippen LogP contribution in [0.5, 0.6) is 11.5 Å². The van der Waals surface area contributed by atoms with Crippen molar-refractivity contribution in [3.63, 3.8) is 0 Å².